The smallest absolute Gasteiger partial charge is 0.118 e. The van der Waals surface area contributed by atoms with Crippen LogP contribution in [0.3, 0.4) is 0 Å². The second-order valence-corrected chi connectivity index (χ2v) is 7.98. The fourth-order valence-corrected chi connectivity index (χ4v) is 4.91. The van der Waals surface area contributed by atoms with Crippen LogP contribution in [0.5, 0.6) is 5.75 Å². The lowest BCUT2D eigenvalue weighted by Crippen LogP contribution is -2.44. The Balaban J connectivity index is 1.64. The van der Waals surface area contributed by atoms with E-state index in [1.807, 2.05) is 0 Å². The van der Waals surface area contributed by atoms with Crippen LogP contribution < -0.4 is 4.74 Å². The third-order valence-electron chi connectivity index (χ3n) is 6.47. The first-order valence-corrected chi connectivity index (χ1v) is 10.4. The largest absolute Gasteiger partial charge is 0.497 e. The summed E-state index contributed by atoms with van der Waals surface area (Å²) in [7, 11) is 1.73. The molecule has 0 N–H and O–H groups in total. The predicted molar refractivity (Wildman–Crippen MR) is 112 cm³/mol. The van der Waals surface area contributed by atoms with Crippen LogP contribution in [0.15, 0.2) is 65.7 Å². The Morgan fingerprint density at radius 2 is 1.70 bits per heavy atom. The van der Waals surface area contributed by atoms with E-state index in [1.54, 1.807) is 18.3 Å². The fourth-order valence-electron chi connectivity index (χ4n) is 4.91. The summed E-state index contributed by atoms with van der Waals surface area (Å²) in [5, 5.41) is 0. The minimum Gasteiger partial charge on any atom is -0.497 e. The van der Waals surface area contributed by atoms with Crippen molar-refractivity contribution < 1.29 is 4.74 Å². The molecule has 2 heteroatoms. The van der Waals surface area contributed by atoms with Crippen molar-refractivity contribution in [2.75, 3.05) is 13.7 Å². The number of ether oxygens (including phenoxy) is 1. The lowest BCUT2D eigenvalue weighted by molar-refractivity contribution is 0.146. The topological polar surface area (TPSA) is 12.5 Å². The van der Waals surface area contributed by atoms with Gasteiger partial charge in [0.1, 0.15) is 5.75 Å². The average Bonchev–Trinajstić information content (AvgIpc) is 2.74. The number of hydrogen-bond donors (Lipinski definition) is 0. The van der Waals surface area contributed by atoms with Gasteiger partial charge in [-0.15, -0.1) is 0 Å². The molecule has 0 bridgehead atoms. The minimum atomic E-state index is 0.449. The number of rotatable bonds is 5. The van der Waals surface area contributed by atoms with E-state index in [1.165, 1.54) is 49.8 Å². The highest BCUT2D eigenvalue weighted by molar-refractivity contribution is 5.33. The van der Waals surface area contributed by atoms with Gasteiger partial charge < -0.3 is 4.74 Å². The first-order valence-electron chi connectivity index (χ1n) is 10.4. The Labute approximate surface area is 163 Å². The third-order valence-corrected chi connectivity index (χ3v) is 6.47. The van der Waals surface area contributed by atoms with Crippen LogP contribution in [0, 0.1) is 0 Å². The van der Waals surface area contributed by atoms with E-state index < -0.39 is 0 Å². The molecule has 0 unspecified atom stereocenters. The van der Waals surface area contributed by atoms with E-state index in [0.29, 0.717) is 12.1 Å². The van der Waals surface area contributed by atoms with Crippen molar-refractivity contribution in [3.05, 3.63) is 76.9 Å². The molecule has 27 heavy (non-hydrogen) atoms. The van der Waals surface area contributed by atoms with Crippen LogP contribution in [-0.4, -0.2) is 24.6 Å². The SMILES string of the molecule is COc1ccc(C[C@@H]2C3=C(CCCC3)CCN2[C@H](C)c2ccccc2)cc1. The molecule has 142 valence electrons. The molecule has 0 aromatic heterocycles. The van der Waals surface area contributed by atoms with Crippen molar-refractivity contribution in [3.8, 4) is 5.75 Å². The zero-order chi connectivity index (χ0) is 18.6. The molecule has 4 rings (SSSR count). The summed E-state index contributed by atoms with van der Waals surface area (Å²) in [4.78, 5) is 2.75. The Morgan fingerprint density at radius 1 is 0.963 bits per heavy atom. The standard InChI is InChI=1S/C25H31NO/c1-19(21-8-4-3-5-9-21)26-17-16-22-10-6-7-11-24(22)25(26)18-20-12-14-23(27-2)15-13-20/h3-5,8-9,12-15,19,25H,6-7,10-11,16-18H2,1-2H3/t19-,25-/m1/s1. The van der Waals surface area contributed by atoms with Gasteiger partial charge in [-0.05, 0) is 68.7 Å². The molecule has 1 heterocycles. The number of nitrogens with zero attached hydrogens (tertiary/aromatic N) is 1. The Hall–Kier alpha value is -2.06. The summed E-state index contributed by atoms with van der Waals surface area (Å²) in [6, 6.07) is 20.6. The Bertz CT molecular complexity index is 778. The molecular weight excluding hydrogens is 330 g/mol. The summed E-state index contributed by atoms with van der Waals surface area (Å²) < 4.78 is 5.34. The van der Waals surface area contributed by atoms with Crippen LogP contribution in [0.1, 0.15) is 56.2 Å². The monoisotopic (exact) mass is 361 g/mol. The molecular formula is C25H31NO. The highest BCUT2D eigenvalue weighted by atomic mass is 16.5. The molecule has 0 fully saturated rings. The van der Waals surface area contributed by atoms with Crippen molar-refractivity contribution in [1.29, 1.82) is 0 Å². The van der Waals surface area contributed by atoms with E-state index in [4.69, 9.17) is 4.74 Å². The maximum atomic E-state index is 5.34. The molecule has 0 radical (unpaired) electrons. The molecule has 2 atom stereocenters. The van der Waals surface area contributed by atoms with Crippen molar-refractivity contribution >= 4 is 0 Å². The molecule has 0 saturated heterocycles. The van der Waals surface area contributed by atoms with Gasteiger partial charge in [0.25, 0.3) is 0 Å². The molecule has 0 amide bonds. The Morgan fingerprint density at radius 3 is 2.44 bits per heavy atom. The molecule has 1 aliphatic carbocycles. The zero-order valence-electron chi connectivity index (χ0n) is 16.7. The third kappa shape index (κ3) is 3.96. The Kier molecular flexibility index (Phi) is 5.63. The van der Waals surface area contributed by atoms with Crippen LogP contribution >= 0.6 is 0 Å². The first-order chi connectivity index (χ1) is 13.3. The van der Waals surface area contributed by atoms with E-state index >= 15 is 0 Å². The second kappa shape index (κ2) is 8.31. The van der Waals surface area contributed by atoms with E-state index in [9.17, 15) is 0 Å². The number of methoxy groups -OCH3 is 1. The normalized spacial score (nSPS) is 21.6. The lowest BCUT2D eigenvalue weighted by atomic mass is 9.79. The zero-order valence-corrected chi connectivity index (χ0v) is 16.7. The van der Waals surface area contributed by atoms with Gasteiger partial charge in [0.05, 0.1) is 7.11 Å². The maximum Gasteiger partial charge on any atom is 0.118 e. The fraction of sp³-hybridized carbons (Fsp3) is 0.440. The van der Waals surface area contributed by atoms with Gasteiger partial charge in [0.15, 0.2) is 0 Å². The molecule has 0 spiro atoms. The molecule has 2 nitrogen and oxygen atoms in total. The van der Waals surface area contributed by atoms with Gasteiger partial charge in [-0.2, -0.15) is 0 Å². The molecule has 2 aromatic rings. The summed E-state index contributed by atoms with van der Waals surface area (Å²) in [6.45, 7) is 3.56. The second-order valence-electron chi connectivity index (χ2n) is 7.98. The predicted octanol–water partition coefficient (Wildman–Crippen LogP) is 5.94. The maximum absolute atomic E-state index is 5.34. The summed E-state index contributed by atoms with van der Waals surface area (Å²) >= 11 is 0. The van der Waals surface area contributed by atoms with Crippen molar-refractivity contribution in [1.82, 2.24) is 4.90 Å². The average molecular weight is 362 g/mol. The van der Waals surface area contributed by atoms with Crippen molar-refractivity contribution in [3.63, 3.8) is 0 Å². The van der Waals surface area contributed by atoms with E-state index in [2.05, 4.69) is 66.4 Å². The van der Waals surface area contributed by atoms with Gasteiger partial charge in [-0.25, -0.2) is 0 Å². The summed E-state index contributed by atoms with van der Waals surface area (Å²) in [5.41, 5.74) is 6.34. The highest BCUT2D eigenvalue weighted by Gasteiger charge is 2.33. The number of benzene rings is 2. The highest BCUT2D eigenvalue weighted by Crippen LogP contribution is 2.39. The van der Waals surface area contributed by atoms with Crippen LogP contribution in [0.2, 0.25) is 0 Å². The van der Waals surface area contributed by atoms with Gasteiger partial charge in [-0.3, -0.25) is 4.90 Å². The van der Waals surface area contributed by atoms with Gasteiger partial charge in [-0.1, -0.05) is 53.6 Å². The lowest BCUT2D eigenvalue weighted by Gasteiger charge is -2.44. The summed E-state index contributed by atoms with van der Waals surface area (Å²) in [5.74, 6) is 0.939. The van der Waals surface area contributed by atoms with Gasteiger partial charge in [0.2, 0.25) is 0 Å². The van der Waals surface area contributed by atoms with E-state index in [0.717, 1.165) is 12.2 Å². The van der Waals surface area contributed by atoms with Crippen LogP contribution in [0.25, 0.3) is 0 Å². The van der Waals surface area contributed by atoms with Crippen molar-refractivity contribution in [2.24, 2.45) is 0 Å². The molecule has 1 aliphatic heterocycles. The first kappa shape index (κ1) is 18.3. The summed E-state index contributed by atoms with van der Waals surface area (Å²) in [6.07, 6.45) is 7.69. The molecule has 2 aliphatic rings. The van der Waals surface area contributed by atoms with Crippen LogP contribution in [-0.2, 0) is 6.42 Å². The molecule has 0 saturated carbocycles. The minimum absolute atomic E-state index is 0.449. The molecule has 2 aromatic carbocycles. The number of hydrogen-bond acceptors (Lipinski definition) is 2. The van der Waals surface area contributed by atoms with Gasteiger partial charge in [0, 0.05) is 18.6 Å². The van der Waals surface area contributed by atoms with Crippen molar-refractivity contribution in [2.45, 2.75) is 57.5 Å². The van der Waals surface area contributed by atoms with Gasteiger partial charge >= 0.3 is 0 Å². The van der Waals surface area contributed by atoms with E-state index in [-0.39, 0.29) is 0 Å². The van der Waals surface area contributed by atoms with Crippen LogP contribution in [0.4, 0.5) is 0 Å². The quantitative estimate of drug-likeness (QED) is 0.611.